The molecule has 0 aromatic carbocycles. The van der Waals surface area contributed by atoms with Gasteiger partial charge in [-0.15, -0.1) is 0 Å². The van der Waals surface area contributed by atoms with E-state index in [0.29, 0.717) is 0 Å². The molecule has 0 fully saturated rings. The van der Waals surface area contributed by atoms with Crippen LogP contribution in [0.25, 0.3) is 0 Å². The average Bonchev–Trinajstić information content (AvgIpc) is 1.21. The molecule has 5 heteroatoms. The van der Waals surface area contributed by atoms with Gasteiger partial charge in [-0.3, -0.25) is 0 Å². The zero-order valence-corrected chi connectivity index (χ0v) is 9.12. The van der Waals surface area contributed by atoms with Gasteiger partial charge >= 0.3 is 0 Å². The van der Waals surface area contributed by atoms with Crippen molar-refractivity contribution in [2.24, 2.45) is 0 Å². The Morgan fingerprint density at radius 3 is 1.67 bits per heavy atom. The molecule has 0 aromatic rings. The molecule has 0 aliphatic rings. The van der Waals surface area contributed by atoms with Gasteiger partial charge in [0.05, 0.1) is 6.26 Å². The molecule has 0 aliphatic carbocycles. The minimum atomic E-state index is -2.97. The second kappa shape index (κ2) is 4.68. The molecule has 3 nitrogen and oxygen atoms in total. The topological polar surface area (TPSA) is 46.2 Å². The van der Waals surface area contributed by atoms with Crippen molar-refractivity contribution in [1.29, 1.82) is 0 Å². The molecular weight excluding hydrogens is 149 g/mol. The van der Waals surface area contributed by atoms with E-state index in [0.717, 1.165) is 6.26 Å². The standard InChI is InChI=1S/C4H11NO2S.Na/c1-4(2)5-8(3,6)7;/h4-5H,1-3H3;. The van der Waals surface area contributed by atoms with E-state index in [9.17, 15) is 8.42 Å². The molecule has 1 radical (unpaired) electrons. The van der Waals surface area contributed by atoms with Crippen molar-refractivity contribution in [1.82, 2.24) is 4.72 Å². The summed E-state index contributed by atoms with van der Waals surface area (Å²) >= 11 is 0. The van der Waals surface area contributed by atoms with Gasteiger partial charge in [-0.2, -0.15) is 0 Å². The van der Waals surface area contributed by atoms with Gasteiger partial charge in [-0.25, -0.2) is 13.1 Å². The second-order valence-corrected chi connectivity index (χ2v) is 3.82. The van der Waals surface area contributed by atoms with E-state index in [1.807, 2.05) is 0 Å². The summed E-state index contributed by atoms with van der Waals surface area (Å²) in [7, 11) is -2.97. The molecule has 0 aliphatic heterocycles. The summed E-state index contributed by atoms with van der Waals surface area (Å²) in [6.45, 7) is 3.56. The summed E-state index contributed by atoms with van der Waals surface area (Å²) < 4.78 is 23.0. The third kappa shape index (κ3) is 12.2. The fourth-order valence-electron chi connectivity index (χ4n) is 0.428. The van der Waals surface area contributed by atoms with E-state index < -0.39 is 10.0 Å². The third-order valence-electron chi connectivity index (χ3n) is 0.450. The van der Waals surface area contributed by atoms with Crippen molar-refractivity contribution < 1.29 is 8.42 Å². The van der Waals surface area contributed by atoms with Gasteiger partial charge in [0.25, 0.3) is 0 Å². The molecule has 1 N–H and O–H groups in total. The maximum atomic E-state index is 10.3. The van der Waals surface area contributed by atoms with E-state index in [1.54, 1.807) is 13.8 Å². The first-order valence-electron chi connectivity index (χ1n) is 2.39. The summed E-state index contributed by atoms with van der Waals surface area (Å²) in [5.74, 6) is 0. The summed E-state index contributed by atoms with van der Waals surface area (Å²) in [5.41, 5.74) is 0. The van der Waals surface area contributed by atoms with Crippen molar-refractivity contribution in [3.63, 3.8) is 0 Å². The van der Waals surface area contributed by atoms with Crippen LogP contribution in [-0.2, 0) is 10.0 Å². The van der Waals surface area contributed by atoms with Crippen LogP contribution < -0.4 is 4.72 Å². The maximum Gasteiger partial charge on any atom is 0.208 e. The molecule has 0 aromatic heterocycles. The van der Waals surface area contributed by atoms with Crippen molar-refractivity contribution in [2.75, 3.05) is 6.26 Å². The molecular formula is C4H11NNaO2S. The Labute approximate surface area is 78.6 Å². The minimum Gasteiger partial charge on any atom is -0.213 e. The molecule has 0 saturated carbocycles. The van der Waals surface area contributed by atoms with Gasteiger partial charge in [0.2, 0.25) is 10.0 Å². The van der Waals surface area contributed by atoms with E-state index in [-0.39, 0.29) is 35.6 Å². The van der Waals surface area contributed by atoms with Crippen molar-refractivity contribution in [2.45, 2.75) is 19.9 Å². The first kappa shape index (κ1) is 12.6. The molecule has 0 unspecified atom stereocenters. The van der Waals surface area contributed by atoms with Crippen LogP contribution >= 0.6 is 0 Å². The Hall–Kier alpha value is 0.910. The molecule has 0 spiro atoms. The first-order chi connectivity index (χ1) is 3.42. The van der Waals surface area contributed by atoms with E-state index in [1.165, 1.54) is 0 Å². The van der Waals surface area contributed by atoms with Crippen molar-refractivity contribution >= 4 is 39.6 Å². The minimum absolute atomic E-state index is 0. The molecule has 0 saturated heterocycles. The Morgan fingerprint density at radius 2 is 1.67 bits per heavy atom. The number of rotatable bonds is 2. The fourth-order valence-corrected chi connectivity index (χ4v) is 1.28. The van der Waals surface area contributed by atoms with Crippen LogP contribution in [0.5, 0.6) is 0 Å². The van der Waals surface area contributed by atoms with E-state index in [2.05, 4.69) is 4.72 Å². The van der Waals surface area contributed by atoms with Crippen molar-refractivity contribution in [3.8, 4) is 0 Å². The van der Waals surface area contributed by atoms with Gasteiger partial charge in [-0.05, 0) is 13.8 Å². The third-order valence-corrected chi connectivity index (χ3v) is 1.35. The van der Waals surface area contributed by atoms with Crippen molar-refractivity contribution in [3.05, 3.63) is 0 Å². The molecule has 0 bridgehead atoms. The molecule has 0 heterocycles. The van der Waals surface area contributed by atoms with Gasteiger partial charge in [-0.1, -0.05) is 0 Å². The second-order valence-electron chi connectivity index (χ2n) is 2.04. The van der Waals surface area contributed by atoms with Crippen LogP contribution in [-0.4, -0.2) is 50.3 Å². The van der Waals surface area contributed by atoms with Gasteiger partial charge in [0, 0.05) is 35.6 Å². The zero-order chi connectivity index (χ0) is 6.78. The van der Waals surface area contributed by atoms with Gasteiger partial charge in [0.1, 0.15) is 0 Å². The summed E-state index contributed by atoms with van der Waals surface area (Å²) in [5, 5.41) is 0. The largest absolute Gasteiger partial charge is 0.213 e. The number of hydrogen-bond acceptors (Lipinski definition) is 2. The van der Waals surface area contributed by atoms with Crippen LogP contribution in [0.1, 0.15) is 13.8 Å². The number of hydrogen-bond donors (Lipinski definition) is 1. The predicted molar refractivity (Wildman–Crippen MR) is 38.9 cm³/mol. The van der Waals surface area contributed by atoms with Crippen LogP contribution in [0.15, 0.2) is 0 Å². The van der Waals surface area contributed by atoms with Gasteiger partial charge < -0.3 is 0 Å². The predicted octanol–water partition coefficient (Wildman–Crippen LogP) is -0.437. The molecule has 0 amide bonds. The van der Waals surface area contributed by atoms with Crippen LogP contribution in [0, 0.1) is 0 Å². The number of nitrogens with one attached hydrogen (secondary N) is 1. The summed E-state index contributed by atoms with van der Waals surface area (Å²) in [6.07, 6.45) is 1.15. The summed E-state index contributed by atoms with van der Waals surface area (Å²) in [4.78, 5) is 0. The van der Waals surface area contributed by atoms with E-state index >= 15 is 0 Å². The quantitative estimate of drug-likeness (QED) is 0.557. The molecule has 0 atom stereocenters. The van der Waals surface area contributed by atoms with E-state index in [4.69, 9.17) is 0 Å². The smallest absolute Gasteiger partial charge is 0.208 e. The number of sulfonamides is 1. The maximum absolute atomic E-state index is 10.3. The molecule has 0 rings (SSSR count). The Balaban J connectivity index is 0. The normalized spacial score (nSPS) is 11.1. The SMILES string of the molecule is CC(C)NS(C)(=O)=O.[Na]. The fraction of sp³-hybridized carbons (Fsp3) is 1.00. The van der Waals surface area contributed by atoms with Crippen LogP contribution in [0.4, 0.5) is 0 Å². The molecule has 9 heavy (non-hydrogen) atoms. The Kier molecular flexibility index (Phi) is 6.54. The zero-order valence-electron chi connectivity index (χ0n) is 6.30. The molecule has 51 valence electrons. The Morgan fingerprint density at radius 1 is 1.33 bits per heavy atom. The summed E-state index contributed by atoms with van der Waals surface area (Å²) in [6, 6.07) is 0.00463. The first-order valence-corrected chi connectivity index (χ1v) is 4.28. The van der Waals surface area contributed by atoms with Gasteiger partial charge in [0.15, 0.2) is 0 Å². The van der Waals surface area contributed by atoms with Crippen LogP contribution in [0.3, 0.4) is 0 Å². The van der Waals surface area contributed by atoms with Crippen LogP contribution in [0.2, 0.25) is 0 Å². The average molecular weight is 160 g/mol. The monoisotopic (exact) mass is 160 g/mol. The Bertz CT molecular complexity index is 152.